The van der Waals surface area contributed by atoms with Gasteiger partial charge in [-0.25, -0.2) is 9.07 Å². The van der Waals surface area contributed by atoms with Crippen LogP contribution in [0.3, 0.4) is 0 Å². The Kier molecular flexibility index (Phi) is 7.02. The molecule has 8 nitrogen and oxygen atoms in total. The van der Waals surface area contributed by atoms with Crippen LogP contribution in [0, 0.1) is 5.82 Å². The predicted octanol–water partition coefficient (Wildman–Crippen LogP) is 4.25. The molecule has 0 radical (unpaired) electrons. The van der Waals surface area contributed by atoms with Gasteiger partial charge in [0.05, 0.1) is 18.3 Å². The molecule has 0 fully saturated rings. The Labute approximate surface area is 212 Å². The fourth-order valence-corrected chi connectivity index (χ4v) is 4.18. The molecule has 0 aliphatic heterocycles. The van der Waals surface area contributed by atoms with Crippen LogP contribution in [0.4, 0.5) is 4.39 Å². The summed E-state index contributed by atoms with van der Waals surface area (Å²) >= 11 is 0. The zero-order valence-corrected chi connectivity index (χ0v) is 19.8. The van der Waals surface area contributed by atoms with Crippen molar-refractivity contribution in [2.24, 2.45) is 0 Å². The third-order valence-corrected chi connectivity index (χ3v) is 6.00. The number of carbonyl (C=O) groups is 2. The number of rotatable bonds is 9. The van der Waals surface area contributed by atoms with Crippen LogP contribution in [0.2, 0.25) is 0 Å². The van der Waals surface area contributed by atoms with Crippen molar-refractivity contribution in [3.8, 4) is 0 Å². The molecule has 2 amide bonds. The van der Waals surface area contributed by atoms with Crippen LogP contribution in [0.5, 0.6) is 0 Å². The van der Waals surface area contributed by atoms with Crippen LogP contribution < -0.4 is 5.32 Å². The summed E-state index contributed by atoms with van der Waals surface area (Å²) in [4.78, 5) is 28.7. The fraction of sp³-hybridized carbons (Fsp3) is 0.143. The minimum Gasteiger partial charge on any atom is -0.467 e. The van der Waals surface area contributed by atoms with Crippen LogP contribution in [-0.2, 0) is 29.2 Å². The highest BCUT2D eigenvalue weighted by molar-refractivity contribution is 5.89. The molecule has 1 atom stereocenters. The van der Waals surface area contributed by atoms with Crippen molar-refractivity contribution >= 4 is 22.8 Å². The van der Waals surface area contributed by atoms with Gasteiger partial charge in [0.1, 0.15) is 29.7 Å². The third kappa shape index (κ3) is 5.40. The van der Waals surface area contributed by atoms with Gasteiger partial charge in [-0.1, -0.05) is 65.9 Å². The van der Waals surface area contributed by atoms with Gasteiger partial charge in [-0.05, 0) is 35.9 Å². The van der Waals surface area contributed by atoms with E-state index in [1.807, 2.05) is 42.5 Å². The number of fused-ring (bicyclic) bond motifs is 1. The molecular weight excluding hydrogens is 473 g/mol. The summed E-state index contributed by atoms with van der Waals surface area (Å²) in [6, 6.07) is 24.7. The minimum atomic E-state index is -1.25. The van der Waals surface area contributed by atoms with E-state index in [9.17, 15) is 9.59 Å². The topological polar surface area (TPSA) is 93.3 Å². The van der Waals surface area contributed by atoms with Gasteiger partial charge in [0.25, 0.3) is 0 Å². The zero-order valence-electron chi connectivity index (χ0n) is 19.8. The first-order chi connectivity index (χ1) is 18.1. The smallest absolute Gasteiger partial charge is 0.247 e. The molecule has 9 heteroatoms. The maximum atomic E-state index is 15.1. The molecular formula is C28H24FN5O3. The molecule has 2 heterocycles. The lowest BCUT2D eigenvalue weighted by Crippen LogP contribution is -2.44. The van der Waals surface area contributed by atoms with Crippen LogP contribution in [-0.4, -0.2) is 31.7 Å². The lowest BCUT2D eigenvalue weighted by atomic mass is 10.0. The molecule has 5 rings (SSSR count). The van der Waals surface area contributed by atoms with Crippen LogP contribution >= 0.6 is 0 Å². The number of amides is 2. The molecule has 0 saturated heterocycles. The lowest BCUT2D eigenvalue weighted by molar-refractivity contribution is -0.142. The molecule has 0 aliphatic carbocycles. The Balaban J connectivity index is 1.50. The highest BCUT2D eigenvalue weighted by atomic mass is 19.1. The summed E-state index contributed by atoms with van der Waals surface area (Å²) in [5.41, 5.74) is 2.27. The van der Waals surface area contributed by atoms with Crippen molar-refractivity contribution in [1.29, 1.82) is 0 Å². The summed E-state index contributed by atoms with van der Waals surface area (Å²) in [6.07, 6.45) is 1.48. The summed E-state index contributed by atoms with van der Waals surface area (Å²) in [5, 5.41) is 11.1. The van der Waals surface area contributed by atoms with Crippen molar-refractivity contribution in [2.75, 3.05) is 0 Å². The van der Waals surface area contributed by atoms with E-state index in [4.69, 9.17) is 4.42 Å². The van der Waals surface area contributed by atoms with Gasteiger partial charge in [0.15, 0.2) is 0 Å². The van der Waals surface area contributed by atoms with Gasteiger partial charge >= 0.3 is 0 Å². The molecule has 3 aromatic carbocycles. The fourth-order valence-electron chi connectivity index (χ4n) is 4.18. The molecule has 0 bridgehead atoms. The summed E-state index contributed by atoms with van der Waals surface area (Å²) < 4.78 is 22.0. The zero-order chi connectivity index (χ0) is 25.6. The van der Waals surface area contributed by atoms with Gasteiger partial charge in [0.2, 0.25) is 11.8 Å². The van der Waals surface area contributed by atoms with Gasteiger partial charge in [-0.3, -0.25) is 9.59 Å². The number of hydrogen-bond acceptors (Lipinski definition) is 5. The Morgan fingerprint density at radius 3 is 2.49 bits per heavy atom. The standard InChI is InChI=1S/C28H24FN5O3/c29-23-13-5-4-12-22(23)27(28(36)30-17-20-9-2-1-3-10-20)33(18-21-11-8-16-37-21)26(35)19-34-25-15-7-6-14-24(25)31-32-34/h1-16,27H,17-19H2,(H,30,36). The van der Waals surface area contributed by atoms with Gasteiger partial charge < -0.3 is 14.6 Å². The van der Waals surface area contributed by atoms with Gasteiger partial charge in [-0.2, -0.15) is 0 Å². The molecule has 2 aromatic heterocycles. The van der Waals surface area contributed by atoms with Gasteiger partial charge in [0, 0.05) is 12.1 Å². The number of nitrogens with zero attached hydrogens (tertiary/aromatic N) is 4. The Bertz CT molecular complexity index is 1500. The van der Waals surface area contributed by atoms with E-state index in [-0.39, 0.29) is 25.2 Å². The summed E-state index contributed by atoms with van der Waals surface area (Å²) in [7, 11) is 0. The van der Waals surface area contributed by atoms with E-state index in [0.29, 0.717) is 16.8 Å². The summed E-state index contributed by atoms with van der Waals surface area (Å²) in [5.74, 6) is -1.10. The SMILES string of the molecule is O=C(NCc1ccccc1)C(c1ccccc1F)N(Cc1ccco1)C(=O)Cn1nnc2ccccc21. The first kappa shape index (κ1) is 23.9. The number of aromatic nitrogens is 3. The molecule has 1 unspecified atom stereocenters. The maximum Gasteiger partial charge on any atom is 0.247 e. The molecule has 5 aromatic rings. The van der Waals surface area contributed by atoms with E-state index in [1.165, 1.54) is 34.0 Å². The number of halogens is 1. The second kappa shape index (κ2) is 10.9. The van der Waals surface area contributed by atoms with Crippen LogP contribution in [0.25, 0.3) is 11.0 Å². The molecule has 0 saturated carbocycles. The molecule has 1 N–H and O–H groups in total. The second-order valence-corrected chi connectivity index (χ2v) is 8.46. The predicted molar refractivity (Wildman–Crippen MR) is 134 cm³/mol. The molecule has 0 spiro atoms. The third-order valence-electron chi connectivity index (χ3n) is 6.00. The quantitative estimate of drug-likeness (QED) is 0.329. The summed E-state index contributed by atoms with van der Waals surface area (Å²) in [6.45, 7) is -0.0184. The molecule has 0 aliphatic rings. The number of furan rings is 1. The van der Waals surface area contributed by atoms with E-state index in [2.05, 4.69) is 15.6 Å². The number of para-hydroxylation sites is 1. The van der Waals surface area contributed by atoms with Crippen molar-refractivity contribution < 1.29 is 18.4 Å². The first-order valence-electron chi connectivity index (χ1n) is 11.8. The maximum absolute atomic E-state index is 15.1. The van der Waals surface area contributed by atoms with Gasteiger partial charge in [-0.15, -0.1) is 5.10 Å². The largest absolute Gasteiger partial charge is 0.467 e. The Morgan fingerprint density at radius 2 is 1.70 bits per heavy atom. The normalized spacial score (nSPS) is 11.8. The molecule has 37 heavy (non-hydrogen) atoms. The van der Waals surface area contributed by atoms with Crippen molar-refractivity contribution in [2.45, 2.75) is 25.7 Å². The highest BCUT2D eigenvalue weighted by Crippen LogP contribution is 2.27. The van der Waals surface area contributed by atoms with E-state index in [0.717, 1.165) is 5.56 Å². The Hall–Kier alpha value is -4.79. The van der Waals surface area contributed by atoms with Crippen LogP contribution in [0.15, 0.2) is 102 Å². The lowest BCUT2D eigenvalue weighted by Gasteiger charge is -2.31. The number of nitrogens with one attached hydrogen (secondary N) is 1. The molecule has 186 valence electrons. The van der Waals surface area contributed by atoms with E-state index >= 15 is 4.39 Å². The average molecular weight is 498 g/mol. The number of hydrogen-bond donors (Lipinski definition) is 1. The second-order valence-electron chi connectivity index (χ2n) is 8.46. The highest BCUT2D eigenvalue weighted by Gasteiger charge is 2.34. The monoisotopic (exact) mass is 497 g/mol. The van der Waals surface area contributed by atoms with Crippen LogP contribution in [0.1, 0.15) is 22.9 Å². The minimum absolute atomic E-state index is 0.0454. The van der Waals surface area contributed by atoms with E-state index in [1.54, 1.807) is 30.3 Å². The average Bonchev–Trinajstić information content (AvgIpc) is 3.59. The first-order valence-corrected chi connectivity index (χ1v) is 11.8. The van der Waals surface area contributed by atoms with E-state index < -0.39 is 23.7 Å². The van der Waals surface area contributed by atoms with Crippen molar-refractivity contribution in [3.05, 3.63) is 120 Å². The number of benzene rings is 3. The van der Waals surface area contributed by atoms with Crippen molar-refractivity contribution in [3.63, 3.8) is 0 Å². The Morgan fingerprint density at radius 1 is 0.946 bits per heavy atom. The van der Waals surface area contributed by atoms with Crippen molar-refractivity contribution in [1.82, 2.24) is 25.2 Å². The number of carbonyl (C=O) groups excluding carboxylic acids is 2.